The van der Waals surface area contributed by atoms with E-state index in [-0.39, 0.29) is 0 Å². The van der Waals surface area contributed by atoms with Crippen molar-refractivity contribution < 1.29 is 0 Å². The van der Waals surface area contributed by atoms with Crippen LogP contribution >= 0.6 is 0 Å². The van der Waals surface area contributed by atoms with Gasteiger partial charge in [-0.1, -0.05) is 6.92 Å². The van der Waals surface area contributed by atoms with Gasteiger partial charge in [-0.05, 0) is 49.7 Å². The van der Waals surface area contributed by atoms with Gasteiger partial charge < -0.3 is 15.1 Å². The van der Waals surface area contributed by atoms with Gasteiger partial charge in [0, 0.05) is 38.6 Å². The molecular weight excluding hydrogens is 222 g/mol. The Kier molecular flexibility index (Phi) is 4.48. The highest BCUT2D eigenvalue weighted by atomic mass is 15.1. The van der Waals surface area contributed by atoms with Crippen LogP contribution in [0, 0.1) is 5.92 Å². The summed E-state index contributed by atoms with van der Waals surface area (Å²) in [5, 5.41) is 3.50. The molecule has 1 atom stereocenters. The summed E-state index contributed by atoms with van der Waals surface area (Å²) >= 11 is 0. The second kappa shape index (κ2) is 6.10. The first-order chi connectivity index (χ1) is 8.66. The minimum absolute atomic E-state index is 0.707. The quantitative estimate of drug-likeness (QED) is 0.864. The van der Waals surface area contributed by atoms with Gasteiger partial charge in [-0.15, -0.1) is 0 Å². The number of rotatable bonds is 2. The first kappa shape index (κ1) is 13.2. The molecule has 0 aromatic heterocycles. The number of anilines is 2. The summed E-state index contributed by atoms with van der Waals surface area (Å²) in [5.74, 6) is 0.707. The second-order valence-corrected chi connectivity index (χ2v) is 5.52. The van der Waals surface area contributed by atoms with E-state index in [1.807, 2.05) is 0 Å². The first-order valence-corrected chi connectivity index (χ1v) is 6.90. The van der Waals surface area contributed by atoms with Gasteiger partial charge in [0.25, 0.3) is 0 Å². The number of nitrogens with one attached hydrogen (secondary N) is 1. The molecule has 0 spiro atoms. The van der Waals surface area contributed by atoms with Crippen molar-refractivity contribution in [3.63, 3.8) is 0 Å². The van der Waals surface area contributed by atoms with Gasteiger partial charge in [0.15, 0.2) is 0 Å². The Morgan fingerprint density at radius 3 is 2.61 bits per heavy atom. The number of benzene rings is 1. The zero-order valence-electron chi connectivity index (χ0n) is 11.8. The Hall–Kier alpha value is -1.22. The molecule has 3 heteroatoms. The highest BCUT2D eigenvalue weighted by molar-refractivity contribution is 5.55. The molecule has 0 saturated carbocycles. The molecule has 1 aromatic rings. The molecule has 1 aliphatic heterocycles. The van der Waals surface area contributed by atoms with E-state index in [1.54, 1.807) is 0 Å². The predicted molar refractivity (Wildman–Crippen MR) is 79.6 cm³/mol. The van der Waals surface area contributed by atoms with Crippen LogP contribution in [0.2, 0.25) is 0 Å². The fraction of sp³-hybridized carbons (Fsp3) is 0.600. The number of nitrogens with zero attached hydrogens (tertiary/aromatic N) is 2. The summed E-state index contributed by atoms with van der Waals surface area (Å²) in [7, 11) is 4.16. The SMILES string of the molecule is CC1CNCCCN(c2ccc(N(C)C)cc2)C1. The average Bonchev–Trinajstić information content (AvgIpc) is 2.34. The summed E-state index contributed by atoms with van der Waals surface area (Å²) in [6, 6.07) is 8.90. The number of hydrogen-bond donors (Lipinski definition) is 1. The van der Waals surface area contributed by atoms with Crippen LogP contribution in [0.1, 0.15) is 13.3 Å². The molecule has 1 fully saturated rings. The smallest absolute Gasteiger partial charge is 0.0367 e. The molecule has 1 N–H and O–H groups in total. The van der Waals surface area contributed by atoms with Crippen LogP contribution < -0.4 is 15.1 Å². The molecular formula is C15H25N3. The second-order valence-electron chi connectivity index (χ2n) is 5.52. The van der Waals surface area contributed by atoms with E-state index in [0.717, 1.165) is 26.2 Å². The van der Waals surface area contributed by atoms with Crippen LogP contribution in [0.5, 0.6) is 0 Å². The lowest BCUT2D eigenvalue weighted by Crippen LogP contribution is -2.38. The zero-order valence-corrected chi connectivity index (χ0v) is 11.8. The van der Waals surface area contributed by atoms with E-state index >= 15 is 0 Å². The van der Waals surface area contributed by atoms with Gasteiger partial charge in [-0.3, -0.25) is 0 Å². The minimum atomic E-state index is 0.707. The highest BCUT2D eigenvalue weighted by Crippen LogP contribution is 2.21. The summed E-state index contributed by atoms with van der Waals surface area (Å²) in [6.45, 7) is 6.88. The fourth-order valence-corrected chi connectivity index (χ4v) is 2.47. The zero-order chi connectivity index (χ0) is 13.0. The van der Waals surface area contributed by atoms with Crippen LogP contribution in [0.4, 0.5) is 11.4 Å². The lowest BCUT2D eigenvalue weighted by atomic mass is 10.1. The monoisotopic (exact) mass is 247 g/mol. The third-order valence-corrected chi connectivity index (χ3v) is 3.54. The molecule has 3 nitrogen and oxygen atoms in total. The van der Waals surface area contributed by atoms with Crippen molar-refractivity contribution in [1.82, 2.24) is 5.32 Å². The van der Waals surface area contributed by atoms with E-state index in [4.69, 9.17) is 0 Å². The molecule has 2 rings (SSSR count). The van der Waals surface area contributed by atoms with E-state index in [0.29, 0.717) is 5.92 Å². The van der Waals surface area contributed by atoms with Crippen molar-refractivity contribution >= 4 is 11.4 Å². The summed E-state index contributed by atoms with van der Waals surface area (Å²) in [5.41, 5.74) is 2.62. The van der Waals surface area contributed by atoms with Crippen LogP contribution in [-0.2, 0) is 0 Å². The fourth-order valence-electron chi connectivity index (χ4n) is 2.47. The topological polar surface area (TPSA) is 18.5 Å². The van der Waals surface area contributed by atoms with Gasteiger partial charge >= 0.3 is 0 Å². The van der Waals surface area contributed by atoms with Crippen LogP contribution in [0.3, 0.4) is 0 Å². The molecule has 1 saturated heterocycles. The summed E-state index contributed by atoms with van der Waals surface area (Å²) in [4.78, 5) is 4.66. The summed E-state index contributed by atoms with van der Waals surface area (Å²) < 4.78 is 0. The molecule has 1 aromatic carbocycles. The van der Waals surface area contributed by atoms with Gasteiger partial charge in [-0.25, -0.2) is 0 Å². The van der Waals surface area contributed by atoms with Crippen molar-refractivity contribution in [3.05, 3.63) is 24.3 Å². The highest BCUT2D eigenvalue weighted by Gasteiger charge is 2.13. The van der Waals surface area contributed by atoms with Gasteiger partial charge in [-0.2, -0.15) is 0 Å². The van der Waals surface area contributed by atoms with Crippen LogP contribution in [0.15, 0.2) is 24.3 Å². The van der Waals surface area contributed by atoms with Gasteiger partial charge in [0.05, 0.1) is 0 Å². The molecule has 1 aliphatic rings. The van der Waals surface area contributed by atoms with Gasteiger partial charge in [0.2, 0.25) is 0 Å². The van der Waals surface area contributed by atoms with Crippen molar-refractivity contribution in [2.45, 2.75) is 13.3 Å². The average molecular weight is 247 g/mol. The summed E-state index contributed by atoms with van der Waals surface area (Å²) in [6.07, 6.45) is 1.22. The Bertz CT molecular complexity index is 359. The Morgan fingerprint density at radius 1 is 1.22 bits per heavy atom. The van der Waals surface area contributed by atoms with E-state index in [9.17, 15) is 0 Å². The molecule has 0 bridgehead atoms. The largest absolute Gasteiger partial charge is 0.378 e. The van der Waals surface area contributed by atoms with Crippen molar-refractivity contribution in [3.8, 4) is 0 Å². The van der Waals surface area contributed by atoms with Crippen molar-refractivity contribution in [1.29, 1.82) is 0 Å². The lowest BCUT2D eigenvalue weighted by Gasteiger charge is -2.31. The molecule has 0 radical (unpaired) electrons. The Labute approximate surface area is 111 Å². The van der Waals surface area contributed by atoms with Gasteiger partial charge in [0.1, 0.15) is 0 Å². The third-order valence-electron chi connectivity index (χ3n) is 3.54. The molecule has 0 amide bonds. The van der Waals surface area contributed by atoms with Crippen LogP contribution in [0.25, 0.3) is 0 Å². The van der Waals surface area contributed by atoms with E-state index in [1.165, 1.54) is 17.8 Å². The number of hydrogen-bond acceptors (Lipinski definition) is 3. The maximum Gasteiger partial charge on any atom is 0.0367 e. The van der Waals surface area contributed by atoms with Crippen molar-refractivity contribution in [2.24, 2.45) is 5.92 Å². The Balaban J connectivity index is 2.08. The Morgan fingerprint density at radius 2 is 1.94 bits per heavy atom. The normalized spacial score (nSPS) is 21.3. The van der Waals surface area contributed by atoms with E-state index < -0.39 is 0 Å². The van der Waals surface area contributed by atoms with E-state index in [2.05, 4.69) is 60.4 Å². The maximum absolute atomic E-state index is 3.50. The standard InChI is InChI=1S/C15H25N3/c1-13-11-16-9-4-10-18(12-13)15-7-5-14(6-8-15)17(2)3/h5-8,13,16H,4,9-12H2,1-3H3. The maximum atomic E-state index is 3.50. The molecule has 1 unspecified atom stereocenters. The molecule has 18 heavy (non-hydrogen) atoms. The minimum Gasteiger partial charge on any atom is -0.378 e. The third kappa shape index (κ3) is 3.39. The lowest BCUT2D eigenvalue weighted by molar-refractivity contribution is 0.468. The van der Waals surface area contributed by atoms with Crippen LogP contribution in [-0.4, -0.2) is 40.3 Å². The first-order valence-electron chi connectivity index (χ1n) is 6.90. The predicted octanol–water partition coefficient (Wildman–Crippen LogP) is 2.19. The molecule has 0 aliphatic carbocycles. The molecule has 100 valence electrons. The molecule has 1 heterocycles. The van der Waals surface area contributed by atoms with Crippen molar-refractivity contribution in [2.75, 3.05) is 50.1 Å².